The van der Waals surface area contributed by atoms with Gasteiger partial charge in [-0.25, -0.2) is 0 Å². The number of aryl methyl sites for hydroxylation is 4. The molecule has 9 rings (SSSR count). The van der Waals surface area contributed by atoms with Gasteiger partial charge in [-0.2, -0.15) is 0 Å². The molecule has 1 aliphatic heterocycles. The van der Waals surface area contributed by atoms with Crippen LogP contribution in [0.5, 0.6) is 0 Å². The molecule has 5 N–H and O–H groups in total. The lowest BCUT2D eigenvalue weighted by molar-refractivity contribution is -0.243. The number of aromatic nitrogens is 4. The molecule has 1 aliphatic rings. The largest absolute Gasteiger partial charge is 0.462 e. The third-order valence-corrected chi connectivity index (χ3v) is 11.9. The van der Waals surface area contributed by atoms with Crippen LogP contribution in [0.25, 0.3) is 43.6 Å². The van der Waals surface area contributed by atoms with Gasteiger partial charge in [0.15, 0.2) is 12.2 Å². The van der Waals surface area contributed by atoms with Crippen molar-refractivity contribution in [3.05, 3.63) is 144 Å². The Hall–Kier alpha value is -7.16. The zero-order valence-corrected chi connectivity index (χ0v) is 35.0. The minimum absolute atomic E-state index is 0.0127. The molecule has 0 bridgehead atoms. The maximum atomic E-state index is 13.8. The van der Waals surface area contributed by atoms with Crippen LogP contribution < -0.4 is 0 Å². The normalized spacial score (nSPS) is 17.8. The molecule has 0 unspecified atom stereocenters. The predicted octanol–water partition coefficient (Wildman–Crippen LogP) is 7.44. The highest BCUT2D eigenvalue weighted by Crippen LogP contribution is 2.34. The first-order valence-corrected chi connectivity index (χ1v) is 21.5. The van der Waals surface area contributed by atoms with Crippen LogP contribution in [0, 0.1) is 0 Å². The van der Waals surface area contributed by atoms with E-state index < -0.39 is 61.2 Å². The van der Waals surface area contributed by atoms with E-state index in [1.54, 1.807) is 0 Å². The Balaban J connectivity index is 0.935. The van der Waals surface area contributed by atoms with Crippen molar-refractivity contribution in [2.24, 2.45) is 0 Å². The molecule has 5 heterocycles. The van der Waals surface area contributed by atoms with Gasteiger partial charge >= 0.3 is 23.9 Å². The number of benzene rings is 4. The second kappa shape index (κ2) is 18.7. The molecule has 0 saturated carbocycles. The molecule has 4 aromatic heterocycles. The highest BCUT2D eigenvalue weighted by atomic mass is 16.7. The molecule has 8 aromatic rings. The van der Waals surface area contributed by atoms with E-state index >= 15 is 0 Å². The summed E-state index contributed by atoms with van der Waals surface area (Å²) < 4.78 is 29.6. The van der Waals surface area contributed by atoms with Crippen LogP contribution in [0.3, 0.4) is 0 Å². The first-order valence-electron chi connectivity index (χ1n) is 21.5. The third-order valence-electron chi connectivity index (χ3n) is 11.9. The topological polar surface area (TPSA) is 198 Å². The van der Waals surface area contributed by atoms with E-state index in [-0.39, 0.29) is 25.7 Å². The van der Waals surface area contributed by atoms with Gasteiger partial charge in [0.25, 0.3) is 5.79 Å². The first-order chi connectivity index (χ1) is 31.2. The van der Waals surface area contributed by atoms with Gasteiger partial charge in [0, 0.05) is 94.1 Å². The number of nitrogens with one attached hydrogen (secondary N) is 4. The van der Waals surface area contributed by atoms with Crippen LogP contribution in [-0.4, -0.2) is 86.2 Å². The van der Waals surface area contributed by atoms with Gasteiger partial charge in [0.05, 0.1) is 0 Å². The Labute approximate surface area is 367 Å². The zero-order chi connectivity index (χ0) is 44.0. The Kier molecular flexibility index (Phi) is 12.3. The number of carbonyl (C=O) groups is 4. The summed E-state index contributed by atoms with van der Waals surface area (Å²) in [4.78, 5) is 67.1. The fourth-order valence-electron chi connectivity index (χ4n) is 8.61. The molecular formula is C50H48N4O10. The molecule has 0 radical (unpaired) electrons. The highest BCUT2D eigenvalue weighted by molar-refractivity contribution is 5.86. The van der Waals surface area contributed by atoms with Gasteiger partial charge in [-0.1, -0.05) is 72.8 Å². The van der Waals surface area contributed by atoms with Crippen molar-refractivity contribution in [1.29, 1.82) is 0 Å². The van der Waals surface area contributed by atoms with Gasteiger partial charge in [0.1, 0.15) is 19.3 Å². The fraction of sp³-hybridized carbons (Fsp3) is 0.280. The number of hydrogen-bond acceptors (Lipinski definition) is 10. The Bertz CT molecular complexity index is 2940. The number of ether oxygens (including phenoxy) is 5. The van der Waals surface area contributed by atoms with Crippen molar-refractivity contribution >= 4 is 67.5 Å². The van der Waals surface area contributed by atoms with Gasteiger partial charge in [-0.05, 0) is 72.2 Å². The molecule has 64 heavy (non-hydrogen) atoms. The van der Waals surface area contributed by atoms with Crippen LogP contribution in [0.15, 0.2) is 122 Å². The lowest BCUT2D eigenvalue weighted by Gasteiger charge is -2.32. The summed E-state index contributed by atoms with van der Waals surface area (Å²) in [6.45, 7) is -1.11. The SMILES string of the molecule is O=C(CCc1c[nH]c2ccccc12)OC[C@@H](OC(=O)CCc1c[nH]c2ccccc12)[C@H]1OC[C@](O)(OC(=O)CCc2c[nH]c3ccccc23)[C@H]1OC(=O)CCc1c[nH]c2ccccc12. The van der Waals surface area contributed by atoms with E-state index in [9.17, 15) is 24.3 Å². The zero-order valence-electron chi connectivity index (χ0n) is 35.0. The summed E-state index contributed by atoms with van der Waals surface area (Å²) in [7, 11) is 0. The number of aromatic amines is 4. The van der Waals surface area contributed by atoms with Crippen LogP contribution in [-0.2, 0) is 68.5 Å². The number of fused-ring (bicyclic) bond motifs is 4. The highest BCUT2D eigenvalue weighted by Gasteiger charge is 2.58. The van der Waals surface area contributed by atoms with E-state index in [1.165, 1.54) is 0 Å². The number of para-hydroxylation sites is 4. The van der Waals surface area contributed by atoms with Crippen LogP contribution in [0.4, 0.5) is 0 Å². The van der Waals surface area contributed by atoms with Crippen molar-refractivity contribution in [1.82, 2.24) is 19.9 Å². The van der Waals surface area contributed by atoms with Gasteiger partial charge in [-0.15, -0.1) is 0 Å². The standard InChI is InChI=1S/C50H48N4O10/c55-44(21-17-31-25-51-39-13-5-1-9-35(31)39)60-29-43(62-45(56)22-18-32-26-52-40-14-6-2-10-36(32)40)48-49(63-46(57)23-19-33-27-53-41-15-7-3-11-37(33)41)50(59,30-61-48)64-47(58)24-20-34-28-54-42-16-8-4-12-38(34)42/h1-16,25-28,43,48-49,51-54,59H,17-24,29-30H2/t43-,48-,49+,50+/m1/s1. The molecule has 328 valence electrons. The molecule has 4 aromatic carbocycles. The molecule has 14 nitrogen and oxygen atoms in total. The minimum Gasteiger partial charge on any atom is -0.462 e. The van der Waals surface area contributed by atoms with Crippen molar-refractivity contribution in [3.8, 4) is 0 Å². The number of carbonyl (C=O) groups excluding carboxylic acids is 4. The average Bonchev–Trinajstić information content (AvgIpc) is 4.16. The fourth-order valence-corrected chi connectivity index (χ4v) is 8.61. The van der Waals surface area contributed by atoms with E-state index in [2.05, 4.69) is 19.9 Å². The van der Waals surface area contributed by atoms with E-state index in [0.717, 1.165) is 65.9 Å². The maximum absolute atomic E-state index is 13.8. The molecule has 0 aliphatic carbocycles. The monoisotopic (exact) mass is 864 g/mol. The molecule has 0 amide bonds. The van der Waals surface area contributed by atoms with E-state index in [1.807, 2.05) is 122 Å². The van der Waals surface area contributed by atoms with Crippen LogP contribution in [0.1, 0.15) is 47.9 Å². The number of aliphatic hydroxyl groups is 1. The Morgan fingerprint density at radius 2 is 0.953 bits per heavy atom. The summed E-state index contributed by atoms with van der Waals surface area (Å²) in [6.07, 6.45) is 3.92. The smallest absolute Gasteiger partial charge is 0.308 e. The Morgan fingerprint density at radius 3 is 1.41 bits per heavy atom. The number of rotatable bonds is 18. The maximum Gasteiger partial charge on any atom is 0.308 e. The van der Waals surface area contributed by atoms with Crippen molar-refractivity contribution in [2.45, 2.75) is 75.5 Å². The van der Waals surface area contributed by atoms with E-state index in [0.29, 0.717) is 25.7 Å². The third kappa shape index (κ3) is 9.29. The minimum atomic E-state index is -2.48. The average molecular weight is 865 g/mol. The molecular weight excluding hydrogens is 817 g/mol. The van der Waals surface area contributed by atoms with Gasteiger partial charge < -0.3 is 48.7 Å². The van der Waals surface area contributed by atoms with Crippen LogP contribution >= 0.6 is 0 Å². The predicted molar refractivity (Wildman–Crippen MR) is 238 cm³/mol. The van der Waals surface area contributed by atoms with E-state index in [4.69, 9.17) is 23.7 Å². The molecule has 0 spiro atoms. The summed E-state index contributed by atoms with van der Waals surface area (Å²) in [5.74, 6) is -5.20. The van der Waals surface area contributed by atoms with Crippen LogP contribution in [0.2, 0.25) is 0 Å². The van der Waals surface area contributed by atoms with Gasteiger partial charge in [0.2, 0.25) is 0 Å². The lowest BCUT2D eigenvalue weighted by Crippen LogP contribution is -2.53. The Morgan fingerprint density at radius 1 is 0.562 bits per heavy atom. The second-order valence-corrected chi connectivity index (χ2v) is 16.2. The quantitative estimate of drug-likeness (QED) is 0.0328. The number of esters is 4. The molecule has 14 heteroatoms. The van der Waals surface area contributed by atoms with Crippen molar-refractivity contribution < 1.29 is 48.0 Å². The molecule has 1 fully saturated rings. The second-order valence-electron chi connectivity index (χ2n) is 16.2. The summed E-state index contributed by atoms with van der Waals surface area (Å²) >= 11 is 0. The molecule has 4 atom stereocenters. The summed E-state index contributed by atoms with van der Waals surface area (Å²) in [5.41, 5.74) is 7.29. The van der Waals surface area contributed by atoms with Gasteiger partial charge in [-0.3, -0.25) is 19.2 Å². The number of H-pyrrole nitrogens is 4. The number of hydrogen-bond donors (Lipinski definition) is 5. The van der Waals surface area contributed by atoms with Crippen molar-refractivity contribution in [3.63, 3.8) is 0 Å². The van der Waals surface area contributed by atoms with Crippen molar-refractivity contribution in [2.75, 3.05) is 13.2 Å². The summed E-state index contributed by atoms with van der Waals surface area (Å²) in [5, 5.41) is 16.0. The molecule has 1 saturated heterocycles. The lowest BCUT2D eigenvalue weighted by atomic mass is 10.0. The first kappa shape index (κ1) is 42.2. The summed E-state index contributed by atoms with van der Waals surface area (Å²) in [6, 6.07) is 30.9.